The van der Waals surface area contributed by atoms with E-state index in [2.05, 4.69) is 4.98 Å². The van der Waals surface area contributed by atoms with Crippen LogP contribution in [0.4, 0.5) is 5.69 Å². The number of nitrogens with zero attached hydrogens (tertiary/aromatic N) is 2. The van der Waals surface area contributed by atoms with Gasteiger partial charge in [-0.1, -0.05) is 18.2 Å². The van der Waals surface area contributed by atoms with E-state index in [0.29, 0.717) is 24.3 Å². The highest BCUT2D eigenvalue weighted by molar-refractivity contribution is 7.91. The average molecular weight is 335 g/mol. The van der Waals surface area contributed by atoms with Crippen LogP contribution in [-0.2, 0) is 21.4 Å². The Morgan fingerprint density at radius 3 is 2.95 bits per heavy atom. The number of para-hydroxylation sites is 1. The lowest BCUT2D eigenvalue weighted by Gasteiger charge is -2.19. The Kier molecular flexibility index (Phi) is 3.95. The molecule has 2 aromatic rings. The first kappa shape index (κ1) is 14.7. The van der Waals surface area contributed by atoms with E-state index in [1.165, 1.54) is 21.7 Å². The first-order chi connectivity index (χ1) is 10.6. The van der Waals surface area contributed by atoms with Crippen LogP contribution in [0.5, 0.6) is 0 Å². The maximum absolute atomic E-state index is 12.3. The molecule has 0 atom stereocenters. The smallest absolute Gasteiger partial charge is 0.269 e. The summed E-state index contributed by atoms with van der Waals surface area (Å²) in [6, 6.07) is 7.26. The molecule has 1 aromatic heterocycles. The van der Waals surface area contributed by atoms with Crippen molar-refractivity contribution in [2.75, 3.05) is 10.8 Å². The molecular formula is C14H13N3O3S2. The molecule has 1 aliphatic heterocycles. The Labute approximate surface area is 132 Å². The summed E-state index contributed by atoms with van der Waals surface area (Å²) in [6.07, 6.45) is 3.27. The van der Waals surface area contributed by atoms with E-state index in [4.69, 9.17) is 0 Å². The predicted molar refractivity (Wildman–Crippen MR) is 85.7 cm³/mol. The van der Waals surface area contributed by atoms with E-state index < -0.39 is 16.1 Å². The highest BCUT2D eigenvalue weighted by Gasteiger charge is 2.29. The zero-order valence-corrected chi connectivity index (χ0v) is 13.1. The van der Waals surface area contributed by atoms with Crippen molar-refractivity contribution >= 4 is 39.2 Å². The minimum Gasteiger partial charge on any atom is -0.269 e. The van der Waals surface area contributed by atoms with Gasteiger partial charge in [0.1, 0.15) is 0 Å². The SMILES string of the molecule is O=C(/C=C/c1cscn1)NS(=O)(=O)N1CCc2ccccc21. The number of rotatable bonds is 4. The molecule has 1 N–H and O–H groups in total. The summed E-state index contributed by atoms with van der Waals surface area (Å²) in [5.41, 5.74) is 3.82. The molecule has 0 bridgehead atoms. The van der Waals surface area contributed by atoms with Crippen molar-refractivity contribution in [3.63, 3.8) is 0 Å². The zero-order valence-electron chi connectivity index (χ0n) is 11.5. The number of fused-ring (bicyclic) bond motifs is 1. The van der Waals surface area contributed by atoms with Gasteiger partial charge in [-0.3, -0.25) is 9.10 Å². The van der Waals surface area contributed by atoms with Crippen LogP contribution in [0, 0.1) is 0 Å². The van der Waals surface area contributed by atoms with Crippen LogP contribution in [0.25, 0.3) is 6.08 Å². The van der Waals surface area contributed by atoms with Crippen LogP contribution in [0.2, 0.25) is 0 Å². The summed E-state index contributed by atoms with van der Waals surface area (Å²) >= 11 is 1.40. The Bertz CT molecular complexity index is 814. The van der Waals surface area contributed by atoms with Crippen molar-refractivity contribution in [3.8, 4) is 0 Å². The third-order valence-corrected chi connectivity index (χ3v) is 5.24. The lowest BCUT2D eigenvalue weighted by molar-refractivity contribution is -0.114. The van der Waals surface area contributed by atoms with Gasteiger partial charge in [0.2, 0.25) is 0 Å². The molecule has 22 heavy (non-hydrogen) atoms. The molecule has 0 radical (unpaired) electrons. The fourth-order valence-electron chi connectivity index (χ4n) is 2.24. The van der Waals surface area contributed by atoms with Crippen molar-refractivity contribution in [2.45, 2.75) is 6.42 Å². The van der Waals surface area contributed by atoms with E-state index in [-0.39, 0.29) is 0 Å². The minimum absolute atomic E-state index is 0.331. The molecule has 1 aliphatic rings. The Morgan fingerprint density at radius 1 is 1.36 bits per heavy atom. The van der Waals surface area contributed by atoms with E-state index in [9.17, 15) is 13.2 Å². The summed E-state index contributed by atoms with van der Waals surface area (Å²) in [5, 5.41) is 1.76. The minimum atomic E-state index is -3.90. The molecule has 8 heteroatoms. The van der Waals surface area contributed by atoms with Gasteiger partial charge in [0.15, 0.2) is 0 Å². The third kappa shape index (κ3) is 3.02. The largest absolute Gasteiger partial charge is 0.326 e. The van der Waals surface area contributed by atoms with Crippen LogP contribution in [0.1, 0.15) is 11.3 Å². The third-order valence-electron chi connectivity index (χ3n) is 3.22. The molecule has 0 aliphatic carbocycles. The molecule has 114 valence electrons. The molecule has 0 saturated carbocycles. The van der Waals surface area contributed by atoms with Gasteiger partial charge in [-0.25, -0.2) is 9.71 Å². The molecular weight excluding hydrogens is 322 g/mol. The first-order valence-electron chi connectivity index (χ1n) is 6.55. The summed E-state index contributed by atoms with van der Waals surface area (Å²) < 4.78 is 27.9. The second kappa shape index (κ2) is 5.90. The van der Waals surface area contributed by atoms with Crippen molar-refractivity contribution in [1.29, 1.82) is 0 Å². The maximum atomic E-state index is 12.3. The molecule has 0 unspecified atom stereocenters. The summed E-state index contributed by atoms with van der Waals surface area (Å²) in [5.74, 6) is -0.697. The fourth-order valence-corrected chi connectivity index (χ4v) is 3.96. The van der Waals surface area contributed by atoms with Crippen molar-refractivity contribution in [2.24, 2.45) is 0 Å². The Balaban J connectivity index is 1.73. The predicted octanol–water partition coefficient (Wildman–Crippen LogP) is 1.58. The highest BCUT2D eigenvalue weighted by Crippen LogP contribution is 2.29. The number of thiazole rings is 1. The molecule has 3 rings (SSSR count). The van der Waals surface area contributed by atoms with Gasteiger partial charge < -0.3 is 0 Å². The van der Waals surface area contributed by atoms with E-state index in [1.807, 2.05) is 16.9 Å². The fraction of sp³-hybridized carbons (Fsp3) is 0.143. The number of amides is 1. The number of hydrogen-bond donors (Lipinski definition) is 1. The molecule has 2 heterocycles. The zero-order chi connectivity index (χ0) is 15.6. The van der Waals surface area contributed by atoms with Crippen LogP contribution in [0.15, 0.2) is 41.2 Å². The van der Waals surface area contributed by atoms with Crippen LogP contribution in [-0.4, -0.2) is 25.9 Å². The van der Waals surface area contributed by atoms with Crippen molar-refractivity contribution < 1.29 is 13.2 Å². The molecule has 0 spiro atoms. The lowest BCUT2D eigenvalue weighted by atomic mass is 10.2. The van der Waals surface area contributed by atoms with Gasteiger partial charge in [0, 0.05) is 18.0 Å². The summed E-state index contributed by atoms with van der Waals surface area (Å²) in [7, 11) is -3.90. The van der Waals surface area contributed by atoms with Crippen LogP contribution >= 0.6 is 11.3 Å². The van der Waals surface area contributed by atoms with Gasteiger partial charge in [-0.15, -0.1) is 11.3 Å². The van der Waals surface area contributed by atoms with Gasteiger partial charge in [0.25, 0.3) is 5.91 Å². The maximum Gasteiger partial charge on any atom is 0.326 e. The van der Waals surface area contributed by atoms with E-state index in [1.54, 1.807) is 23.0 Å². The summed E-state index contributed by atoms with van der Waals surface area (Å²) in [6.45, 7) is 0.331. The quantitative estimate of drug-likeness (QED) is 0.861. The number of anilines is 1. The van der Waals surface area contributed by atoms with Crippen molar-refractivity contribution in [3.05, 3.63) is 52.5 Å². The monoisotopic (exact) mass is 335 g/mol. The number of benzene rings is 1. The number of nitrogens with one attached hydrogen (secondary N) is 1. The highest BCUT2D eigenvalue weighted by atomic mass is 32.2. The van der Waals surface area contributed by atoms with Crippen LogP contribution < -0.4 is 9.03 Å². The standard InChI is InChI=1S/C14H13N3O3S2/c18-14(6-5-12-9-21-10-15-12)16-22(19,20)17-8-7-11-3-1-2-4-13(11)17/h1-6,9-10H,7-8H2,(H,16,18)/b6-5+. The number of aromatic nitrogens is 1. The van der Waals surface area contributed by atoms with Gasteiger partial charge in [-0.2, -0.15) is 8.42 Å². The van der Waals surface area contributed by atoms with Gasteiger partial charge >= 0.3 is 10.2 Å². The first-order valence-corrected chi connectivity index (χ1v) is 8.93. The Morgan fingerprint density at radius 2 is 2.18 bits per heavy atom. The molecule has 0 fully saturated rings. The van der Waals surface area contributed by atoms with E-state index in [0.717, 1.165) is 11.6 Å². The number of carbonyl (C=O) groups is 1. The second-order valence-corrected chi connectivity index (χ2v) is 6.98. The Hall–Kier alpha value is -2.19. The van der Waals surface area contributed by atoms with Gasteiger partial charge in [-0.05, 0) is 24.1 Å². The van der Waals surface area contributed by atoms with Crippen LogP contribution in [0.3, 0.4) is 0 Å². The lowest BCUT2D eigenvalue weighted by Crippen LogP contribution is -2.42. The van der Waals surface area contributed by atoms with Crippen molar-refractivity contribution in [1.82, 2.24) is 9.71 Å². The van der Waals surface area contributed by atoms with E-state index >= 15 is 0 Å². The number of hydrogen-bond acceptors (Lipinski definition) is 5. The normalized spacial score (nSPS) is 14.3. The molecule has 1 aromatic carbocycles. The number of carbonyl (C=O) groups excluding carboxylic acids is 1. The summed E-state index contributed by atoms with van der Waals surface area (Å²) in [4.78, 5) is 15.8. The second-order valence-electron chi connectivity index (χ2n) is 4.67. The van der Waals surface area contributed by atoms with Gasteiger partial charge in [0.05, 0.1) is 16.9 Å². The average Bonchev–Trinajstić information content (AvgIpc) is 3.14. The molecule has 0 saturated heterocycles. The topological polar surface area (TPSA) is 79.4 Å². The molecule has 6 nitrogen and oxygen atoms in total. The molecule has 1 amide bonds.